The van der Waals surface area contributed by atoms with Crippen molar-refractivity contribution >= 4 is 59.7 Å². The van der Waals surface area contributed by atoms with E-state index in [4.69, 9.17) is 47.6 Å². The molecule has 4 atom stereocenters. The standard InChI is InChI=1S/C25H31N5O3.C24H25N5O4.C24H29N5O3.2CO2.B/c1-17-3-4-21-22(11-17)30(25(31)16-28-21)8-7-29-6-5-19(12-18(29)2)26-14-20-13-23-24(15-27-20)33-10-9-32-23;1-15-2-3-18-19(8-15)29(23(30)12-26-18)14-27-5-4-17-10-20(27)24(31)28(17)13-16-9-21-22(11-25-16)33-7-6-32-21;1-17-2-3-20-21(12-17)29(24(30)16-27-20)9-8-28-6-4-18(5-7-28)25-14-19-13-22-23(15-26-19)32-11-10-31-22;2*2-1-3;/h3-4,11,13,15-16,18-19,26H,5-10,12,14H2,1-2H3;2-3,8-9,11-12,17,20H,4-7,10,13-14H2,1H3;2-3,12-13,15-16,18,25H,4-11,14H2,1H3;;;. The number of fused-ring (bicyclic) bond motifs is 8. The summed E-state index contributed by atoms with van der Waals surface area (Å²) in [5, 5.41) is 7.29. The Morgan fingerprint density at radius 3 is 1.34 bits per heavy atom. The van der Waals surface area contributed by atoms with Crippen LogP contribution in [0, 0.1) is 20.8 Å². The largest absolute Gasteiger partial charge is 0.486 e. The Kier molecular flexibility index (Phi) is 25.7. The first-order valence-electron chi connectivity index (χ1n) is 35.2. The molecule has 29 nitrogen and oxygen atoms in total. The number of nitrogens with zero attached hydrogens (tertiary/aromatic N) is 13. The number of hydrogen-bond acceptors (Lipinski definition) is 25. The highest BCUT2D eigenvalue weighted by molar-refractivity contribution is 5.85. The molecule has 7 aliphatic heterocycles. The monoisotopic (exact) mass is 1430 g/mol. The number of likely N-dealkylation sites (tertiary alicyclic amines) is 4. The van der Waals surface area contributed by atoms with E-state index >= 15 is 0 Å². The third kappa shape index (κ3) is 18.9. The molecule has 4 fully saturated rings. The normalized spacial score (nSPS) is 18.9. The number of piperidine rings is 3. The molecule has 3 radical (unpaired) electrons. The molecule has 1 amide bonds. The number of benzene rings is 3. The summed E-state index contributed by atoms with van der Waals surface area (Å²) in [6.07, 6.45) is 15.8. The quantitative estimate of drug-likeness (QED) is 0.123. The Morgan fingerprint density at radius 1 is 0.448 bits per heavy atom. The second-order valence-corrected chi connectivity index (χ2v) is 26.7. The number of carbonyl (C=O) groups excluding carboxylic acids is 5. The van der Waals surface area contributed by atoms with E-state index in [-0.39, 0.29) is 55.4 Å². The van der Waals surface area contributed by atoms with E-state index < -0.39 is 0 Å². The molecule has 16 rings (SSSR count). The van der Waals surface area contributed by atoms with Gasteiger partial charge in [-0.3, -0.25) is 48.5 Å². The van der Waals surface area contributed by atoms with Crippen LogP contribution in [0.3, 0.4) is 0 Å². The summed E-state index contributed by atoms with van der Waals surface area (Å²) >= 11 is 0. The van der Waals surface area contributed by atoms with Crippen LogP contribution in [-0.4, -0.2) is 199 Å². The topological polar surface area (TPSA) is 321 Å². The lowest BCUT2D eigenvalue weighted by Gasteiger charge is -2.38. The van der Waals surface area contributed by atoms with Crippen molar-refractivity contribution in [2.75, 3.05) is 78.9 Å². The SMILES string of the molecule is Cc1ccc2ncc(=O)n(CCN3CCC(NCc4cc5c(cn4)OCCO5)CC3)c2c1.Cc1ccc2ncc(=O)n(CCN3CCC(NCc4cc5c(cn4)OCCO5)CC3C)c2c1.Cc1ccc2ncc(=O)n(CN3CCC4CC3C(=O)N4Cc3cc4c(cn3)OCCO4)c2c1.O=C=O.O=C=O.[B]. The maximum atomic E-state index is 13.4. The smallest absolute Gasteiger partial charge is 0.373 e. The van der Waals surface area contributed by atoms with Crippen molar-refractivity contribution < 1.29 is 52.4 Å². The van der Waals surface area contributed by atoms with Crippen molar-refractivity contribution in [2.45, 2.75) is 136 Å². The molecule has 547 valence electrons. The van der Waals surface area contributed by atoms with Gasteiger partial charge in [0.25, 0.3) is 16.7 Å². The lowest BCUT2D eigenvalue weighted by molar-refractivity contribution is -0.193. The zero-order valence-electron chi connectivity index (χ0n) is 59.4. The van der Waals surface area contributed by atoms with Gasteiger partial charge in [-0.1, -0.05) is 18.2 Å². The fourth-order valence-corrected chi connectivity index (χ4v) is 14.4. The molecule has 4 saturated heterocycles. The molecule has 13 heterocycles. The fraction of sp³-hybridized carbons (Fsp3) is 0.440. The van der Waals surface area contributed by atoms with E-state index in [1.54, 1.807) is 23.2 Å². The minimum atomic E-state index is -0.235. The van der Waals surface area contributed by atoms with E-state index in [1.807, 2.05) is 102 Å². The fourth-order valence-electron chi connectivity index (χ4n) is 14.4. The van der Waals surface area contributed by atoms with E-state index in [0.29, 0.717) is 102 Å². The number of carbonyl (C=O) groups is 1. The highest BCUT2D eigenvalue weighted by Gasteiger charge is 2.46. The molecule has 2 N–H and O–H groups in total. The van der Waals surface area contributed by atoms with Gasteiger partial charge < -0.3 is 58.0 Å². The summed E-state index contributed by atoms with van der Waals surface area (Å²) in [7, 11) is 0. The summed E-state index contributed by atoms with van der Waals surface area (Å²) in [5.74, 6) is 4.44. The summed E-state index contributed by atoms with van der Waals surface area (Å²) in [5.41, 5.74) is 11.0. The van der Waals surface area contributed by atoms with Crippen LogP contribution in [0.1, 0.15) is 79.2 Å². The average molecular weight is 1430 g/mol. The van der Waals surface area contributed by atoms with Crippen LogP contribution in [-0.2, 0) is 63.4 Å². The van der Waals surface area contributed by atoms with Gasteiger partial charge in [-0.2, -0.15) is 19.2 Å². The average Bonchev–Trinajstić information content (AvgIpc) is 1.61. The van der Waals surface area contributed by atoms with Crippen molar-refractivity contribution in [2.24, 2.45) is 0 Å². The maximum absolute atomic E-state index is 13.4. The minimum absolute atomic E-state index is 0. The number of aryl methyl sites for hydroxylation is 3. The third-order valence-electron chi connectivity index (χ3n) is 19.8. The highest BCUT2D eigenvalue weighted by atomic mass is 16.6. The van der Waals surface area contributed by atoms with Crippen LogP contribution in [0.5, 0.6) is 34.5 Å². The van der Waals surface area contributed by atoms with Crippen molar-refractivity contribution in [3.05, 3.63) is 175 Å². The number of amides is 1. The van der Waals surface area contributed by atoms with E-state index in [2.05, 4.69) is 68.2 Å². The van der Waals surface area contributed by atoms with Crippen molar-refractivity contribution in [1.82, 2.24) is 73.8 Å². The Labute approximate surface area is 607 Å². The van der Waals surface area contributed by atoms with Crippen LogP contribution in [0.4, 0.5) is 0 Å². The summed E-state index contributed by atoms with van der Waals surface area (Å²) in [6, 6.07) is 25.1. The molecular formula is C75H85BN15O14. The Bertz CT molecular complexity index is 4780. The molecule has 30 heteroatoms. The van der Waals surface area contributed by atoms with Crippen LogP contribution in [0.25, 0.3) is 33.1 Å². The van der Waals surface area contributed by atoms with Gasteiger partial charge in [0, 0.05) is 96.6 Å². The number of rotatable bonds is 16. The second kappa shape index (κ2) is 35.7. The molecule has 105 heavy (non-hydrogen) atoms. The predicted octanol–water partition coefficient (Wildman–Crippen LogP) is 4.80. The zero-order valence-corrected chi connectivity index (χ0v) is 59.4. The van der Waals surface area contributed by atoms with Crippen molar-refractivity contribution in [3.8, 4) is 34.5 Å². The van der Waals surface area contributed by atoms with Crippen LogP contribution < -0.4 is 55.7 Å². The van der Waals surface area contributed by atoms with Gasteiger partial charge in [-0.05, 0) is 139 Å². The second-order valence-electron chi connectivity index (χ2n) is 26.7. The highest BCUT2D eigenvalue weighted by Crippen LogP contribution is 2.36. The summed E-state index contributed by atoms with van der Waals surface area (Å²) in [4.78, 5) is 119. The van der Waals surface area contributed by atoms with E-state index in [1.165, 1.54) is 18.6 Å². The zero-order chi connectivity index (χ0) is 72.6. The Hall–Kier alpha value is -10.6. The molecule has 7 aliphatic rings. The van der Waals surface area contributed by atoms with E-state index in [0.717, 1.165) is 174 Å². The van der Waals surface area contributed by atoms with Gasteiger partial charge in [0.2, 0.25) is 5.91 Å². The first-order valence-corrected chi connectivity index (χ1v) is 35.2. The molecule has 2 bridgehead atoms. The molecule has 0 spiro atoms. The molecular weight excluding hydrogens is 1350 g/mol. The van der Waals surface area contributed by atoms with Gasteiger partial charge in [0.15, 0.2) is 34.5 Å². The van der Waals surface area contributed by atoms with Crippen LogP contribution >= 0.6 is 0 Å². The van der Waals surface area contributed by atoms with Gasteiger partial charge in [0.1, 0.15) is 39.6 Å². The molecule has 3 aromatic carbocycles. The summed E-state index contributed by atoms with van der Waals surface area (Å²) < 4.78 is 39.1. The molecule has 4 unspecified atom stereocenters. The Balaban J connectivity index is 0.000000151. The van der Waals surface area contributed by atoms with Gasteiger partial charge in [-0.15, -0.1) is 0 Å². The van der Waals surface area contributed by atoms with Gasteiger partial charge in [-0.25, -0.2) is 15.0 Å². The van der Waals surface area contributed by atoms with Gasteiger partial charge in [0.05, 0.1) is 107 Å². The van der Waals surface area contributed by atoms with Gasteiger partial charge >= 0.3 is 12.3 Å². The first kappa shape index (κ1) is 75.6. The van der Waals surface area contributed by atoms with E-state index in [9.17, 15) is 19.2 Å². The lowest BCUT2D eigenvalue weighted by Crippen LogP contribution is -2.48. The lowest BCUT2D eigenvalue weighted by atomic mass is 9.98. The van der Waals surface area contributed by atoms with Crippen molar-refractivity contribution in [3.63, 3.8) is 0 Å². The minimum Gasteiger partial charge on any atom is -0.486 e. The maximum Gasteiger partial charge on any atom is 0.373 e. The number of ether oxygens (including phenoxy) is 6. The first-order chi connectivity index (χ1) is 50.6. The number of pyridine rings is 3. The molecule has 6 aromatic heterocycles. The molecule has 0 aliphatic carbocycles. The number of hydrogen-bond donors (Lipinski definition) is 2. The number of aromatic nitrogens is 9. The summed E-state index contributed by atoms with van der Waals surface area (Å²) in [6.45, 7) is 20.8. The number of nitrogens with one attached hydrogen (secondary N) is 2. The molecule has 0 saturated carbocycles. The Morgan fingerprint density at radius 2 is 0.857 bits per heavy atom. The third-order valence-corrected chi connectivity index (χ3v) is 19.8. The predicted molar refractivity (Wildman–Crippen MR) is 385 cm³/mol. The van der Waals surface area contributed by atoms with Crippen molar-refractivity contribution in [1.29, 1.82) is 0 Å². The van der Waals surface area contributed by atoms with Crippen LogP contribution in [0.15, 0.2) is 124 Å². The van der Waals surface area contributed by atoms with Crippen LogP contribution in [0.2, 0.25) is 0 Å². The molecule has 9 aromatic rings.